The molecule has 146 valence electrons. The fourth-order valence-corrected chi connectivity index (χ4v) is 2.66. The van der Waals surface area contributed by atoms with Gasteiger partial charge in [0.25, 0.3) is 0 Å². The van der Waals surface area contributed by atoms with Crippen LogP contribution in [0.4, 0.5) is 0 Å². The van der Waals surface area contributed by atoms with E-state index in [0.717, 1.165) is 49.8 Å². The minimum atomic E-state index is -1.82. The van der Waals surface area contributed by atoms with Crippen LogP contribution in [0, 0.1) is 13.8 Å². The lowest BCUT2D eigenvalue weighted by Gasteiger charge is -2.25. The summed E-state index contributed by atoms with van der Waals surface area (Å²) in [4.78, 5) is 32.8. The Morgan fingerprint density at radius 3 is 2.23 bits per heavy atom. The summed E-state index contributed by atoms with van der Waals surface area (Å²) in [5, 5.41) is 14.8. The fourth-order valence-electron chi connectivity index (χ4n) is 2.66. The van der Waals surface area contributed by atoms with Crippen molar-refractivity contribution < 1.29 is 34.1 Å². The van der Waals surface area contributed by atoms with Crippen LogP contribution < -0.4 is 0 Å². The van der Waals surface area contributed by atoms with Gasteiger partial charge >= 0.3 is 11.9 Å². The van der Waals surface area contributed by atoms with Crippen LogP contribution in [0.25, 0.3) is 0 Å². The van der Waals surface area contributed by atoms with E-state index in [1.807, 2.05) is 19.9 Å². The molecular formula is C17H26N2O7. The van der Waals surface area contributed by atoms with Crippen LogP contribution in [0.1, 0.15) is 21.7 Å². The quantitative estimate of drug-likeness (QED) is 0.546. The molecule has 1 aliphatic heterocycles. The lowest BCUT2D eigenvalue weighted by molar-refractivity contribution is -0.159. The normalized spacial score (nSPS) is 14.4. The molecule has 2 rings (SSSR count). The van der Waals surface area contributed by atoms with Crippen molar-refractivity contribution in [1.29, 1.82) is 0 Å². The van der Waals surface area contributed by atoms with Crippen LogP contribution in [-0.4, -0.2) is 84.0 Å². The maximum atomic E-state index is 12.4. The van der Waals surface area contributed by atoms with Crippen LogP contribution in [0.2, 0.25) is 0 Å². The molecule has 26 heavy (non-hydrogen) atoms. The number of carbonyl (C=O) groups excluding carboxylic acids is 1. The van der Waals surface area contributed by atoms with Crippen molar-refractivity contribution in [2.45, 2.75) is 20.4 Å². The number of aryl methyl sites for hydroxylation is 1. The van der Waals surface area contributed by atoms with E-state index in [0.29, 0.717) is 13.2 Å². The van der Waals surface area contributed by atoms with Gasteiger partial charge in [0.2, 0.25) is 0 Å². The van der Waals surface area contributed by atoms with Crippen molar-refractivity contribution in [1.82, 2.24) is 9.47 Å². The van der Waals surface area contributed by atoms with Crippen molar-refractivity contribution in [2.24, 2.45) is 0 Å². The number of aliphatic carboxylic acids is 2. The highest BCUT2D eigenvalue weighted by Crippen LogP contribution is 2.16. The van der Waals surface area contributed by atoms with Crippen molar-refractivity contribution in [3.05, 3.63) is 23.0 Å². The monoisotopic (exact) mass is 370 g/mol. The van der Waals surface area contributed by atoms with Crippen molar-refractivity contribution in [3.8, 4) is 0 Å². The number of methoxy groups -OCH3 is 1. The van der Waals surface area contributed by atoms with Gasteiger partial charge in [-0.15, -0.1) is 0 Å². The summed E-state index contributed by atoms with van der Waals surface area (Å²) in [5.74, 6) is -3.45. The Hall–Kier alpha value is -2.23. The number of hydrogen-bond donors (Lipinski definition) is 2. The smallest absolute Gasteiger partial charge is 0.414 e. The minimum Gasteiger partial charge on any atom is -0.473 e. The molecule has 1 aromatic rings. The van der Waals surface area contributed by atoms with Gasteiger partial charge in [-0.3, -0.25) is 9.69 Å². The SMILES string of the molecule is COCCn1c(C)cc(C(=O)CN2CCOCC2)c1C.O=C(O)C(=O)O. The van der Waals surface area contributed by atoms with Gasteiger partial charge in [0.1, 0.15) is 0 Å². The van der Waals surface area contributed by atoms with E-state index in [9.17, 15) is 4.79 Å². The summed E-state index contributed by atoms with van der Waals surface area (Å²) in [5.41, 5.74) is 2.99. The van der Waals surface area contributed by atoms with Crippen LogP contribution in [0.15, 0.2) is 6.07 Å². The largest absolute Gasteiger partial charge is 0.473 e. The number of nitrogens with zero attached hydrogens (tertiary/aromatic N) is 2. The number of carboxylic acids is 2. The lowest BCUT2D eigenvalue weighted by Crippen LogP contribution is -2.39. The molecule has 1 aromatic heterocycles. The number of morpholine rings is 1. The van der Waals surface area contributed by atoms with Gasteiger partial charge in [-0.1, -0.05) is 0 Å². The number of ether oxygens (including phenoxy) is 2. The van der Waals surface area contributed by atoms with Crippen LogP contribution >= 0.6 is 0 Å². The van der Waals surface area contributed by atoms with Gasteiger partial charge in [0, 0.05) is 43.7 Å². The highest BCUT2D eigenvalue weighted by atomic mass is 16.5. The minimum absolute atomic E-state index is 0.198. The predicted octanol–water partition coefficient (Wildman–Crippen LogP) is 0.422. The molecule has 1 aliphatic rings. The molecule has 0 aliphatic carbocycles. The summed E-state index contributed by atoms with van der Waals surface area (Å²) in [6.45, 7) is 9.11. The number of ketones is 1. The maximum absolute atomic E-state index is 12.4. The zero-order valence-corrected chi connectivity index (χ0v) is 15.4. The standard InChI is InChI=1S/C15H24N2O3.C2H2O4/c1-12-10-14(13(2)17(12)6-7-19-3)15(18)11-16-4-8-20-9-5-16;3-1(4)2(5)6/h10H,4-9,11H2,1-3H3;(H,3,4)(H,5,6). The summed E-state index contributed by atoms with van der Waals surface area (Å²) >= 11 is 0. The second kappa shape index (κ2) is 10.7. The Morgan fingerprint density at radius 2 is 1.73 bits per heavy atom. The van der Waals surface area contributed by atoms with Crippen LogP contribution in [-0.2, 0) is 25.6 Å². The first-order valence-corrected chi connectivity index (χ1v) is 8.23. The van der Waals surface area contributed by atoms with Gasteiger partial charge in [-0.05, 0) is 19.9 Å². The second-order valence-corrected chi connectivity index (χ2v) is 5.85. The first-order chi connectivity index (χ1) is 12.3. The molecule has 0 amide bonds. The van der Waals surface area contributed by atoms with Gasteiger partial charge in [-0.2, -0.15) is 0 Å². The fraction of sp³-hybridized carbons (Fsp3) is 0.588. The van der Waals surface area contributed by atoms with E-state index in [1.165, 1.54) is 0 Å². The Balaban J connectivity index is 0.000000487. The average molecular weight is 370 g/mol. The Bertz CT molecular complexity index is 621. The van der Waals surface area contributed by atoms with Crippen LogP contribution in [0.3, 0.4) is 0 Å². The summed E-state index contributed by atoms with van der Waals surface area (Å²) in [6, 6.07) is 1.99. The summed E-state index contributed by atoms with van der Waals surface area (Å²) in [7, 11) is 1.69. The van der Waals surface area contributed by atoms with Gasteiger partial charge in [0.05, 0.1) is 26.4 Å². The van der Waals surface area contributed by atoms with Crippen molar-refractivity contribution >= 4 is 17.7 Å². The van der Waals surface area contributed by atoms with E-state index >= 15 is 0 Å². The molecule has 1 saturated heterocycles. The lowest BCUT2D eigenvalue weighted by atomic mass is 10.1. The van der Waals surface area contributed by atoms with Crippen molar-refractivity contribution in [3.63, 3.8) is 0 Å². The topological polar surface area (TPSA) is 118 Å². The van der Waals surface area contributed by atoms with E-state index in [4.69, 9.17) is 29.3 Å². The molecular weight excluding hydrogens is 344 g/mol. The predicted molar refractivity (Wildman–Crippen MR) is 92.6 cm³/mol. The highest BCUT2D eigenvalue weighted by molar-refractivity contribution is 6.27. The van der Waals surface area contributed by atoms with Crippen molar-refractivity contribution in [2.75, 3.05) is 46.6 Å². The van der Waals surface area contributed by atoms with E-state index in [-0.39, 0.29) is 5.78 Å². The molecule has 2 heterocycles. The zero-order chi connectivity index (χ0) is 19.7. The zero-order valence-electron chi connectivity index (χ0n) is 15.4. The molecule has 0 aromatic carbocycles. The number of hydrogen-bond acceptors (Lipinski definition) is 6. The highest BCUT2D eigenvalue weighted by Gasteiger charge is 2.19. The third-order valence-corrected chi connectivity index (χ3v) is 4.05. The first kappa shape index (κ1) is 21.8. The van der Waals surface area contributed by atoms with E-state index in [2.05, 4.69) is 9.47 Å². The molecule has 0 bridgehead atoms. The molecule has 0 unspecified atom stereocenters. The van der Waals surface area contributed by atoms with E-state index in [1.54, 1.807) is 7.11 Å². The first-order valence-electron chi connectivity index (χ1n) is 8.23. The second-order valence-electron chi connectivity index (χ2n) is 5.85. The Labute approximate surface area is 152 Å². The van der Waals surface area contributed by atoms with Crippen LogP contribution in [0.5, 0.6) is 0 Å². The van der Waals surface area contributed by atoms with Gasteiger partial charge in [-0.25, -0.2) is 9.59 Å². The Kier molecular flexibility index (Phi) is 8.97. The molecule has 0 saturated carbocycles. The molecule has 0 spiro atoms. The number of carbonyl (C=O) groups is 3. The number of aromatic nitrogens is 1. The maximum Gasteiger partial charge on any atom is 0.414 e. The van der Waals surface area contributed by atoms with E-state index < -0.39 is 11.9 Å². The summed E-state index contributed by atoms with van der Waals surface area (Å²) in [6.07, 6.45) is 0. The molecule has 0 atom stereocenters. The number of rotatable bonds is 6. The molecule has 0 radical (unpaired) electrons. The molecule has 9 heteroatoms. The third kappa shape index (κ3) is 6.58. The Morgan fingerprint density at radius 1 is 1.15 bits per heavy atom. The van der Waals surface area contributed by atoms with Gasteiger partial charge < -0.3 is 24.3 Å². The molecule has 9 nitrogen and oxygen atoms in total. The third-order valence-electron chi connectivity index (χ3n) is 4.05. The molecule has 1 fully saturated rings. The average Bonchev–Trinajstić information content (AvgIpc) is 2.88. The molecule has 2 N–H and O–H groups in total. The number of carboxylic acid groups (broad SMARTS) is 2. The van der Waals surface area contributed by atoms with Gasteiger partial charge in [0.15, 0.2) is 5.78 Å². The summed E-state index contributed by atoms with van der Waals surface area (Å²) < 4.78 is 12.6. The number of Topliss-reactive ketones (excluding diaryl/α,β-unsaturated/α-hetero) is 1.